The van der Waals surface area contributed by atoms with Gasteiger partial charge in [-0.25, -0.2) is 0 Å². The van der Waals surface area contributed by atoms with E-state index in [1.54, 1.807) is 0 Å². The van der Waals surface area contributed by atoms with Crippen LogP contribution >= 0.6 is 0 Å². The maximum atomic E-state index is 5.17. The zero-order valence-corrected chi connectivity index (χ0v) is 6.65. The van der Waals surface area contributed by atoms with E-state index in [1.807, 2.05) is 0 Å². The summed E-state index contributed by atoms with van der Waals surface area (Å²) in [7, 11) is 0. The average molecular weight is 130 g/mol. The Morgan fingerprint density at radius 2 is 1.89 bits per heavy atom. The van der Waals surface area contributed by atoms with Crippen LogP contribution in [-0.2, 0) is 0 Å². The maximum Gasteiger partial charge on any atom is 0.0126 e. The van der Waals surface area contributed by atoms with Gasteiger partial charge >= 0.3 is 0 Å². The average Bonchev–Trinajstić information content (AvgIpc) is 1.87. The Morgan fingerprint density at radius 3 is 2.22 bits per heavy atom. The highest BCUT2D eigenvalue weighted by Gasteiger charge is 2.07. The molecule has 2 nitrogen and oxygen atoms in total. The lowest BCUT2D eigenvalue weighted by Gasteiger charge is -2.16. The number of hydrazine groups is 1. The summed E-state index contributed by atoms with van der Waals surface area (Å²) >= 11 is 0. The Kier molecular flexibility index (Phi) is 4.72. The van der Waals surface area contributed by atoms with E-state index in [1.165, 1.54) is 6.42 Å². The number of hydrogen-bond donors (Lipinski definition) is 2. The van der Waals surface area contributed by atoms with E-state index in [-0.39, 0.29) is 0 Å². The highest BCUT2D eigenvalue weighted by atomic mass is 15.2. The predicted octanol–water partition coefficient (Wildman–Crippen LogP) is 1.13. The molecule has 56 valence electrons. The normalized spacial score (nSPS) is 17.3. The number of nitrogens with one attached hydrogen (secondary N) is 1. The van der Waals surface area contributed by atoms with Crippen LogP contribution in [-0.4, -0.2) is 6.54 Å². The molecule has 0 fully saturated rings. The van der Waals surface area contributed by atoms with Crippen LogP contribution in [0.1, 0.15) is 27.2 Å². The fourth-order valence-electron chi connectivity index (χ4n) is 0.789. The minimum Gasteiger partial charge on any atom is -0.271 e. The largest absolute Gasteiger partial charge is 0.271 e. The third kappa shape index (κ3) is 3.49. The first-order chi connectivity index (χ1) is 4.22. The predicted molar refractivity (Wildman–Crippen MR) is 40.8 cm³/mol. The van der Waals surface area contributed by atoms with E-state index < -0.39 is 0 Å². The molecular weight excluding hydrogens is 112 g/mol. The van der Waals surface area contributed by atoms with Crippen LogP contribution in [0.5, 0.6) is 0 Å². The number of rotatable bonds is 4. The third-order valence-electron chi connectivity index (χ3n) is 2.06. The minimum atomic E-state index is 0.694. The summed E-state index contributed by atoms with van der Waals surface area (Å²) in [5.74, 6) is 6.65. The Hall–Kier alpha value is -0.0800. The van der Waals surface area contributed by atoms with E-state index in [4.69, 9.17) is 5.84 Å². The van der Waals surface area contributed by atoms with Gasteiger partial charge in [0.15, 0.2) is 0 Å². The van der Waals surface area contributed by atoms with Gasteiger partial charge < -0.3 is 0 Å². The van der Waals surface area contributed by atoms with Crippen molar-refractivity contribution in [3.8, 4) is 0 Å². The molecule has 0 spiro atoms. The molecule has 3 N–H and O–H groups in total. The SMILES string of the molecule is CCC(C)C(C)CNN. The van der Waals surface area contributed by atoms with Crippen molar-refractivity contribution in [2.75, 3.05) is 6.54 Å². The lowest BCUT2D eigenvalue weighted by atomic mass is 9.94. The summed E-state index contributed by atoms with van der Waals surface area (Å²) < 4.78 is 0. The van der Waals surface area contributed by atoms with Gasteiger partial charge in [0, 0.05) is 6.54 Å². The van der Waals surface area contributed by atoms with E-state index >= 15 is 0 Å². The molecule has 0 bridgehead atoms. The van der Waals surface area contributed by atoms with E-state index in [9.17, 15) is 0 Å². The van der Waals surface area contributed by atoms with Crippen molar-refractivity contribution in [3.63, 3.8) is 0 Å². The van der Waals surface area contributed by atoms with Crippen LogP contribution < -0.4 is 11.3 Å². The molecule has 2 unspecified atom stereocenters. The van der Waals surface area contributed by atoms with Gasteiger partial charge in [0.1, 0.15) is 0 Å². The second-order valence-corrected chi connectivity index (χ2v) is 2.77. The molecule has 0 aliphatic heterocycles. The van der Waals surface area contributed by atoms with Crippen LogP contribution in [0.2, 0.25) is 0 Å². The fourth-order valence-corrected chi connectivity index (χ4v) is 0.789. The third-order valence-corrected chi connectivity index (χ3v) is 2.06. The second-order valence-electron chi connectivity index (χ2n) is 2.77. The van der Waals surface area contributed by atoms with Crippen molar-refractivity contribution in [2.45, 2.75) is 27.2 Å². The number of nitrogens with two attached hydrogens (primary N) is 1. The smallest absolute Gasteiger partial charge is 0.0126 e. The highest BCUT2D eigenvalue weighted by Crippen LogP contribution is 2.12. The van der Waals surface area contributed by atoms with Gasteiger partial charge in [0.25, 0.3) is 0 Å². The molecule has 0 aliphatic rings. The first-order valence-corrected chi connectivity index (χ1v) is 3.65. The van der Waals surface area contributed by atoms with Gasteiger partial charge in [-0.2, -0.15) is 0 Å². The van der Waals surface area contributed by atoms with Crippen LogP contribution in [0.4, 0.5) is 0 Å². The summed E-state index contributed by atoms with van der Waals surface area (Å²) in [6.07, 6.45) is 1.24. The monoisotopic (exact) mass is 130 g/mol. The van der Waals surface area contributed by atoms with Gasteiger partial charge in [0.2, 0.25) is 0 Å². The fraction of sp³-hybridized carbons (Fsp3) is 1.00. The Morgan fingerprint density at radius 1 is 1.33 bits per heavy atom. The highest BCUT2D eigenvalue weighted by molar-refractivity contribution is 4.60. The van der Waals surface area contributed by atoms with Gasteiger partial charge in [-0.15, -0.1) is 0 Å². The molecule has 0 radical (unpaired) electrons. The van der Waals surface area contributed by atoms with Crippen molar-refractivity contribution in [1.82, 2.24) is 5.43 Å². The lowest BCUT2D eigenvalue weighted by molar-refractivity contribution is 0.360. The van der Waals surface area contributed by atoms with Crippen molar-refractivity contribution >= 4 is 0 Å². The second kappa shape index (κ2) is 4.77. The van der Waals surface area contributed by atoms with E-state index in [0.29, 0.717) is 5.92 Å². The Labute approximate surface area is 57.8 Å². The van der Waals surface area contributed by atoms with Crippen LogP contribution in [0.25, 0.3) is 0 Å². The quantitative estimate of drug-likeness (QED) is 0.442. The molecule has 9 heavy (non-hydrogen) atoms. The van der Waals surface area contributed by atoms with Crippen molar-refractivity contribution in [2.24, 2.45) is 17.7 Å². The zero-order chi connectivity index (χ0) is 7.28. The van der Waals surface area contributed by atoms with E-state index in [0.717, 1.165) is 12.5 Å². The summed E-state index contributed by atoms with van der Waals surface area (Å²) in [5, 5.41) is 0. The number of hydrogen-bond acceptors (Lipinski definition) is 2. The summed E-state index contributed by atoms with van der Waals surface area (Å²) in [6, 6.07) is 0. The lowest BCUT2D eigenvalue weighted by Crippen LogP contribution is -2.30. The topological polar surface area (TPSA) is 38.0 Å². The van der Waals surface area contributed by atoms with E-state index in [2.05, 4.69) is 26.2 Å². The van der Waals surface area contributed by atoms with Gasteiger partial charge in [0.05, 0.1) is 0 Å². The summed E-state index contributed by atoms with van der Waals surface area (Å²) in [5.41, 5.74) is 2.68. The maximum absolute atomic E-state index is 5.17. The Balaban J connectivity index is 3.32. The molecule has 0 aliphatic carbocycles. The molecule has 0 aromatic rings. The first kappa shape index (κ1) is 8.92. The van der Waals surface area contributed by atoms with Gasteiger partial charge in [-0.1, -0.05) is 27.2 Å². The van der Waals surface area contributed by atoms with Gasteiger partial charge in [-0.3, -0.25) is 11.3 Å². The van der Waals surface area contributed by atoms with Crippen LogP contribution in [0.15, 0.2) is 0 Å². The zero-order valence-electron chi connectivity index (χ0n) is 6.65. The van der Waals surface area contributed by atoms with Crippen LogP contribution in [0, 0.1) is 11.8 Å². The molecule has 0 aromatic carbocycles. The summed E-state index contributed by atoms with van der Waals surface area (Å²) in [4.78, 5) is 0. The minimum absolute atomic E-state index is 0.694. The molecule has 0 aromatic heterocycles. The van der Waals surface area contributed by atoms with Crippen molar-refractivity contribution in [3.05, 3.63) is 0 Å². The van der Waals surface area contributed by atoms with Crippen molar-refractivity contribution < 1.29 is 0 Å². The molecule has 2 atom stereocenters. The van der Waals surface area contributed by atoms with Crippen molar-refractivity contribution in [1.29, 1.82) is 0 Å². The molecule has 0 heterocycles. The van der Waals surface area contributed by atoms with Crippen LogP contribution in [0.3, 0.4) is 0 Å². The molecule has 0 rings (SSSR count). The first-order valence-electron chi connectivity index (χ1n) is 3.65. The molecule has 2 heteroatoms. The Bertz CT molecular complexity index is 63.9. The van der Waals surface area contributed by atoms with Gasteiger partial charge in [-0.05, 0) is 11.8 Å². The standard InChI is InChI=1S/C7H18N2/c1-4-6(2)7(3)5-9-8/h6-7,9H,4-5,8H2,1-3H3. The summed E-state index contributed by atoms with van der Waals surface area (Å²) in [6.45, 7) is 7.60. The molecular formula is C7H18N2. The molecule has 0 saturated carbocycles. The molecule has 0 saturated heterocycles. The molecule has 0 amide bonds.